The third-order valence-corrected chi connectivity index (χ3v) is 3.52. The van der Waals surface area contributed by atoms with Crippen molar-refractivity contribution in [1.29, 1.82) is 0 Å². The summed E-state index contributed by atoms with van der Waals surface area (Å²) in [6.07, 6.45) is 5.19. The highest BCUT2D eigenvalue weighted by Gasteiger charge is 2.09. The van der Waals surface area contributed by atoms with Crippen LogP contribution in [0.1, 0.15) is 11.1 Å². The Hall–Kier alpha value is -3.16. The lowest BCUT2D eigenvalue weighted by molar-refractivity contribution is 0.614. The van der Waals surface area contributed by atoms with Gasteiger partial charge in [0.2, 0.25) is 5.95 Å². The molecule has 0 fully saturated rings. The number of aromatic nitrogens is 4. The molecule has 7 nitrogen and oxygen atoms in total. The molecule has 0 saturated carbocycles. The van der Waals surface area contributed by atoms with Crippen molar-refractivity contribution in [3.63, 3.8) is 0 Å². The summed E-state index contributed by atoms with van der Waals surface area (Å²) in [4.78, 5) is 8.65. The van der Waals surface area contributed by atoms with Crippen molar-refractivity contribution in [3.8, 4) is 0 Å². The van der Waals surface area contributed by atoms with E-state index in [4.69, 9.17) is 5.73 Å². The monoisotopic (exact) mass is 327 g/mol. The number of aryl methyl sites for hydroxylation is 2. The van der Waals surface area contributed by atoms with E-state index in [0.717, 1.165) is 11.3 Å². The fourth-order valence-corrected chi connectivity index (χ4v) is 2.23. The number of nitrogens with zero attached hydrogens (tertiary/aromatic N) is 4. The molecule has 3 rings (SSSR count). The standard InChI is InChI=1S/C16H18FN7/c1-10-6-20-16(22-11-7-21-24(2)9-11)23-15(10)19-8-12-13(17)4-3-5-14(12)18/h3-7,9H,8,18H2,1-2H3,(H2,19,20,22,23). The zero-order valence-corrected chi connectivity index (χ0v) is 13.4. The number of rotatable bonds is 5. The zero-order valence-electron chi connectivity index (χ0n) is 13.4. The summed E-state index contributed by atoms with van der Waals surface area (Å²) in [7, 11) is 1.83. The molecule has 0 unspecified atom stereocenters. The number of hydrogen-bond donors (Lipinski definition) is 3. The molecule has 24 heavy (non-hydrogen) atoms. The smallest absolute Gasteiger partial charge is 0.229 e. The van der Waals surface area contributed by atoms with E-state index in [1.54, 1.807) is 29.2 Å². The van der Waals surface area contributed by atoms with Crippen molar-refractivity contribution < 1.29 is 4.39 Å². The molecule has 124 valence electrons. The Morgan fingerprint density at radius 3 is 2.83 bits per heavy atom. The van der Waals surface area contributed by atoms with E-state index in [9.17, 15) is 4.39 Å². The van der Waals surface area contributed by atoms with Crippen LogP contribution in [0.4, 0.5) is 27.5 Å². The summed E-state index contributed by atoms with van der Waals surface area (Å²) in [5.41, 5.74) is 8.28. The molecular formula is C16H18FN7. The molecule has 2 aromatic heterocycles. The van der Waals surface area contributed by atoms with Gasteiger partial charge in [0, 0.05) is 42.8 Å². The number of nitrogen functional groups attached to an aromatic ring is 1. The molecule has 2 heterocycles. The van der Waals surface area contributed by atoms with Crippen molar-refractivity contribution in [1.82, 2.24) is 19.7 Å². The number of nitrogens with one attached hydrogen (secondary N) is 2. The van der Waals surface area contributed by atoms with Crippen LogP contribution in [0.15, 0.2) is 36.8 Å². The van der Waals surface area contributed by atoms with Crippen LogP contribution in [0.25, 0.3) is 0 Å². The second kappa shape index (κ2) is 6.53. The molecule has 0 radical (unpaired) electrons. The van der Waals surface area contributed by atoms with Gasteiger partial charge in [-0.1, -0.05) is 6.07 Å². The highest BCUT2D eigenvalue weighted by atomic mass is 19.1. The maximum absolute atomic E-state index is 13.8. The second-order valence-corrected chi connectivity index (χ2v) is 5.41. The maximum atomic E-state index is 13.8. The van der Waals surface area contributed by atoms with Crippen molar-refractivity contribution in [2.24, 2.45) is 7.05 Å². The highest BCUT2D eigenvalue weighted by Crippen LogP contribution is 2.20. The van der Waals surface area contributed by atoms with Gasteiger partial charge in [0.25, 0.3) is 0 Å². The van der Waals surface area contributed by atoms with Crippen molar-refractivity contribution >= 4 is 23.1 Å². The van der Waals surface area contributed by atoms with Gasteiger partial charge in [-0.15, -0.1) is 0 Å². The summed E-state index contributed by atoms with van der Waals surface area (Å²) in [5.74, 6) is 0.694. The summed E-state index contributed by atoms with van der Waals surface area (Å²) in [6.45, 7) is 2.11. The molecule has 1 aromatic carbocycles. The molecule has 0 atom stereocenters. The quantitative estimate of drug-likeness (QED) is 0.624. The second-order valence-electron chi connectivity index (χ2n) is 5.41. The van der Waals surface area contributed by atoms with Gasteiger partial charge in [-0.2, -0.15) is 10.1 Å². The Balaban J connectivity index is 1.76. The van der Waals surface area contributed by atoms with Gasteiger partial charge in [0.05, 0.1) is 11.9 Å². The van der Waals surface area contributed by atoms with E-state index >= 15 is 0 Å². The minimum Gasteiger partial charge on any atom is -0.398 e. The fourth-order valence-electron chi connectivity index (χ4n) is 2.23. The summed E-state index contributed by atoms with van der Waals surface area (Å²) >= 11 is 0. The summed E-state index contributed by atoms with van der Waals surface area (Å²) < 4.78 is 15.5. The van der Waals surface area contributed by atoms with E-state index in [1.807, 2.05) is 20.2 Å². The first kappa shape index (κ1) is 15.7. The number of benzene rings is 1. The van der Waals surface area contributed by atoms with Gasteiger partial charge in [-0.05, 0) is 19.1 Å². The summed E-state index contributed by atoms with van der Waals surface area (Å²) in [6, 6.07) is 4.64. The van der Waals surface area contributed by atoms with Crippen molar-refractivity contribution in [2.75, 3.05) is 16.4 Å². The van der Waals surface area contributed by atoms with Gasteiger partial charge in [0.1, 0.15) is 11.6 Å². The molecule has 0 aliphatic heterocycles. The first-order chi connectivity index (χ1) is 11.5. The van der Waals surface area contributed by atoms with Crippen LogP contribution in [0.2, 0.25) is 0 Å². The van der Waals surface area contributed by atoms with Crippen LogP contribution in [0.3, 0.4) is 0 Å². The topological polar surface area (TPSA) is 93.7 Å². The molecule has 0 saturated heterocycles. The third-order valence-electron chi connectivity index (χ3n) is 3.52. The van der Waals surface area contributed by atoms with Gasteiger partial charge < -0.3 is 16.4 Å². The molecule has 8 heteroatoms. The van der Waals surface area contributed by atoms with Crippen LogP contribution >= 0.6 is 0 Å². The Bertz CT molecular complexity index is 839. The van der Waals surface area contributed by atoms with Crippen LogP contribution in [0.5, 0.6) is 0 Å². The largest absolute Gasteiger partial charge is 0.398 e. The molecule has 0 bridgehead atoms. The molecule has 0 aliphatic carbocycles. The van der Waals surface area contributed by atoms with Gasteiger partial charge >= 0.3 is 0 Å². The Morgan fingerprint density at radius 1 is 1.29 bits per heavy atom. The molecule has 3 aromatic rings. The first-order valence-electron chi connectivity index (χ1n) is 7.39. The van der Waals surface area contributed by atoms with Crippen LogP contribution in [-0.2, 0) is 13.6 Å². The number of anilines is 4. The Morgan fingerprint density at radius 2 is 2.12 bits per heavy atom. The Labute approximate surface area is 138 Å². The van der Waals surface area contributed by atoms with Crippen LogP contribution < -0.4 is 16.4 Å². The molecular weight excluding hydrogens is 309 g/mol. The highest BCUT2D eigenvalue weighted by molar-refractivity contribution is 5.55. The van der Waals surface area contributed by atoms with Crippen molar-refractivity contribution in [3.05, 3.63) is 53.7 Å². The van der Waals surface area contributed by atoms with E-state index < -0.39 is 0 Å². The van der Waals surface area contributed by atoms with Crippen LogP contribution in [0, 0.1) is 12.7 Å². The maximum Gasteiger partial charge on any atom is 0.229 e. The Kier molecular flexibility index (Phi) is 4.28. The lowest BCUT2D eigenvalue weighted by atomic mass is 10.1. The first-order valence-corrected chi connectivity index (χ1v) is 7.39. The average molecular weight is 327 g/mol. The normalized spacial score (nSPS) is 10.6. The van der Waals surface area contributed by atoms with Gasteiger partial charge in [0.15, 0.2) is 0 Å². The van der Waals surface area contributed by atoms with E-state index in [-0.39, 0.29) is 12.4 Å². The van der Waals surface area contributed by atoms with Gasteiger partial charge in [-0.25, -0.2) is 9.37 Å². The average Bonchev–Trinajstić information content (AvgIpc) is 2.95. The lowest BCUT2D eigenvalue weighted by Gasteiger charge is -2.12. The predicted octanol–water partition coefficient (Wildman–Crippen LogP) is 2.60. The molecule has 4 N–H and O–H groups in total. The molecule has 0 spiro atoms. The number of nitrogens with two attached hydrogens (primary N) is 1. The SMILES string of the molecule is Cc1cnc(Nc2cnn(C)c2)nc1NCc1c(N)cccc1F. The minimum absolute atomic E-state index is 0.239. The van der Waals surface area contributed by atoms with E-state index in [2.05, 4.69) is 25.7 Å². The molecule has 0 aliphatic rings. The van der Waals surface area contributed by atoms with Gasteiger partial charge in [-0.3, -0.25) is 4.68 Å². The predicted molar refractivity (Wildman–Crippen MR) is 91.4 cm³/mol. The summed E-state index contributed by atoms with van der Waals surface area (Å²) in [5, 5.41) is 10.3. The molecule has 0 amide bonds. The van der Waals surface area contributed by atoms with Crippen LogP contribution in [-0.4, -0.2) is 19.7 Å². The van der Waals surface area contributed by atoms with E-state index in [0.29, 0.717) is 23.0 Å². The number of halogens is 1. The van der Waals surface area contributed by atoms with Crippen molar-refractivity contribution in [2.45, 2.75) is 13.5 Å². The van der Waals surface area contributed by atoms with E-state index in [1.165, 1.54) is 6.07 Å². The third kappa shape index (κ3) is 3.43. The number of hydrogen-bond acceptors (Lipinski definition) is 6. The fraction of sp³-hybridized carbons (Fsp3) is 0.188. The zero-order chi connectivity index (χ0) is 17.1. The minimum atomic E-state index is -0.345. The lowest BCUT2D eigenvalue weighted by Crippen LogP contribution is -2.09.